The summed E-state index contributed by atoms with van der Waals surface area (Å²) in [6.45, 7) is 2.82. The zero-order valence-corrected chi connectivity index (χ0v) is 12.3. The summed E-state index contributed by atoms with van der Waals surface area (Å²) in [6, 6.07) is 1.94. The summed E-state index contributed by atoms with van der Waals surface area (Å²) in [7, 11) is 0. The van der Waals surface area contributed by atoms with Gasteiger partial charge in [-0.05, 0) is 19.1 Å². The maximum atomic E-state index is 13.5. The van der Waals surface area contributed by atoms with Gasteiger partial charge < -0.3 is 9.84 Å². The van der Waals surface area contributed by atoms with Gasteiger partial charge in [0.15, 0.2) is 0 Å². The quantitative estimate of drug-likeness (QED) is 0.869. The standard InChI is InChI=1S/C13H14Cl2FNO3/c1-7(13(18)19)17-2-3-20-12(6-17)8-4-11(16)10(15)5-9(8)14/h4-5,7,12H,2-3,6H2,1H3,(H,18,19)/t7-,12-/m0/s1. The van der Waals surface area contributed by atoms with Gasteiger partial charge in [-0.15, -0.1) is 0 Å². The number of halogens is 3. The number of hydrogen-bond donors (Lipinski definition) is 1. The zero-order valence-electron chi connectivity index (χ0n) is 10.8. The molecule has 2 rings (SSSR count). The molecule has 1 aromatic carbocycles. The maximum Gasteiger partial charge on any atom is 0.320 e. The lowest BCUT2D eigenvalue weighted by molar-refractivity contribution is -0.145. The van der Waals surface area contributed by atoms with Gasteiger partial charge in [0.2, 0.25) is 0 Å². The van der Waals surface area contributed by atoms with Crippen LogP contribution in [0.4, 0.5) is 4.39 Å². The van der Waals surface area contributed by atoms with Crippen LogP contribution in [0, 0.1) is 5.82 Å². The molecule has 0 unspecified atom stereocenters. The van der Waals surface area contributed by atoms with Crippen molar-refractivity contribution in [3.63, 3.8) is 0 Å². The number of carbonyl (C=O) groups is 1. The van der Waals surface area contributed by atoms with Crippen molar-refractivity contribution < 1.29 is 19.0 Å². The molecule has 0 aliphatic carbocycles. The Balaban J connectivity index is 2.21. The number of rotatable bonds is 3. The normalized spacial score (nSPS) is 21.7. The maximum absolute atomic E-state index is 13.5. The monoisotopic (exact) mass is 321 g/mol. The Labute approximate surface area is 126 Å². The van der Waals surface area contributed by atoms with Gasteiger partial charge in [0, 0.05) is 23.7 Å². The Kier molecular flexibility index (Phi) is 4.86. The molecule has 20 heavy (non-hydrogen) atoms. The molecule has 0 bridgehead atoms. The lowest BCUT2D eigenvalue weighted by atomic mass is 10.1. The van der Waals surface area contributed by atoms with Crippen LogP contribution in [-0.2, 0) is 9.53 Å². The minimum absolute atomic E-state index is 0.0506. The highest BCUT2D eigenvalue weighted by Crippen LogP contribution is 2.32. The molecule has 0 saturated carbocycles. The van der Waals surface area contributed by atoms with Crippen molar-refractivity contribution in [2.45, 2.75) is 19.1 Å². The van der Waals surface area contributed by atoms with E-state index < -0.39 is 23.9 Å². The second-order valence-corrected chi connectivity index (χ2v) is 5.47. The summed E-state index contributed by atoms with van der Waals surface area (Å²) < 4.78 is 19.1. The highest BCUT2D eigenvalue weighted by atomic mass is 35.5. The van der Waals surface area contributed by atoms with Gasteiger partial charge in [0.25, 0.3) is 0 Å². The van der Waals surface area contributed by atoms with E-state index in [2.05, 4.69) is 0 Å². The first kappa shape index (κ1) is 15.5. The smallest absolute Gasteiger partial charge is 0.320 e. The topological polar surface area (TPSA) is 49.8 Å². The highest BCUT2D eigenvalue weighted by Gasteiger charge is 2.30. The van der Waals surface area contributed by atoms with E-state index in [0.717, 1.165) is 0 Å². The third-order valence-corrected chi connectivity index (χ3v) is 4.01. The van der Waals surface area contributed by atoms with E-state index in [-0.39, 0.29) is 5.02 Å². The van der Waals surface area contributed by atoms with E-state index in [0.29, 0.717) is 30.3 Å². The lowest BCUT2D eigenvalue weighted by Crippen LogP contribution is -2.46. The van der Waals surface area contributed by atoms with E-state index in [9.17, 15) is 9.18 Å². The molecular formula is C13H14Cl2FNO3. The second-order valence-electron chi connectivity index (χ2n) is 4.66. The van der Waals surface area contributed by atoms with Crippen molar-refractivity contribution >= 4 is 29.2 Å². The Bertz CT molecular complexity index is 527. The molecule has 1 aromatic rings. The van der Waals surface area contributed by atoms with Crippen molar-refractivity contribution in [2.24, 2.45) is 0 Å². The number of carboxylic acids is 1. The van der Waals surface area contributed by atoms with E-state index in [4.69, 9.17) is 33.0 Å². The molecule has 0 radical (unpaired) electrons. The predicted molar refractivity (Wildman–Crippen MR) is 73.8 cm³/mol. The van der Waals surface area contributed by atoms with Gasteiger partial charge in [-0.2, -0.15) is 0 Å². The number of ether oxygens (including phenoxy) is 1. The number of nitrogens with zero attached hydrogens (tertiary/aromatic N) is 1. The zero-order chi connectivity index (χ0) is 14.9. The fourth-order valence-corrected chi connectivity index (χ4v) is 2.65. The summed E-state index contributed by atoms with van der Waals surface area (Å²) >= 11 is 11.7. The average Bonchev–Trinajstić information content (AvgIpc) is 2.42. The van der Waals surface area contributed by atoms with E-state index in [1.165, 1.54) is 12.1 Å². The fraction of sp³-hybridized carbons (Fsp3) is 0.462. The van der Waals surface area contributed by atoms with E-state index in [1.807, 2.05) is 0 Å². The van der Waals surface area contributed by atoms with Crippen LogP contribution in [0.25, 0.3) is 0 Å². The minimum atomic E-state index is -0.904. The molecule has 0 spiro atoms. The van der Waals surface area contributed by atoms with Crippen molar-refractivity contribution in [2.75, 3.05) is 19.7 Å². The Morgan fingerprint density at radius 1 is 1.50 bits per heavy atom. The summed E-state index contributed by atoms with van der Waals surface area (Å²) in [5, 5.41) is 9.30. The first-order valence-electron chi connectivity index (χ1n) is 6.13. The van der Waals surface area contributed by atoms with Crippen molar-refractivity contribution in [1.82, 2.24) is 4.90 Å². The van der Waals surface area contributed by atoms with E-state index in [1.54, 1.807) is 11.8 Å². The van der Waals surface area contributed by atoms with Gasteiger partial charge >= 0.3 is 5.97 Å². The van der Waals surface area contributed by atoms with Crippen LogP contribution in [0.1, 0.15) is 18.6 Å². The van der Waals surface area contributed by atoms with Gasteiger partial charge in [0.05, 0.1) is 17.7 Å². The lowest BCUT2D eigenvalue weighted by Gasteiger charge is -2.35. The number of morpholine rings is 1. The summed E-state index contributed by atoms with van der Waals surface area (Å²) in [5.41, 5.74) is 0.482. The molecule has 0 aromatic heterocycles. The molecule has 1 N–H and O–H groups in total. The molecule has 1 heterocycles. The Morgan fingerprint density at radius 2 is 2.20 bits per heavy atom. The molecule has 1 saturated heterocycles. The molecule has 1 aliphatic heterocycles. The molecule has 1 aliphatic rings. The largest absolute Gasteiger partial charge is 0.480 e. The van der Waals surface area contributed by atoms with Gasteiger partial charge in [0.1, 0.15) is 11.9 Å². The van der Waals surface area contributed by atoms with Crippen molar-refractivity contribution in [1.29, 1.82) is 0 Å². The molecule has 7 heteroatoms. The van der Waals surface area contributed by atoms with Gasteiger partial charge in [-0.25, -0.2) is 4.39 Å². The van der Waals surface area contributed by atoms with Crippen molar-refractivity contribution in [3.05, 3.63) is 33.6 Å². The molecule has 2 atom stereocenters. The van der Waals surface area contributed by atoms with Crippen LogP contribution in [0.15, 0.2) is 12.1 Å². The highest BCUT2D eigenvalue weighted by molar-refractivity contribution is 6.35. The van der Waals surface area contributed by atoms with Crippen LogP contribution in [0.2, 0.25) is 10.0 Å². The Hall–Kier alpha value is -0.880. The number of aliphatic carboxylic acids is 1. The minimum Gasteiger partial charge on any atom is -0.480 e. The van der Waals surface area contributed by atoms with Crippen molar-refractivity contribution in [3.8, 4) is 0 Å². The number of hydrogen-bond acceptors (Lipinski definition) is 3. The third kappa shape index (κ3) is 3.23. The molecule has 110 valence electrons. The second kappa shape index (κ2) is 6.26. The van der Waals surface area contributed by atoms with E-state index >= 15 is 0 Å². The predicted octanol–water partition coefficient (Wildman–Crippen LogP) is 2.98. The SMILES string of the molecule is C[C@@H](C(=O)O)N1CCO[C@H](c2cc(F)c(Cl)cc2Cl)C1. The molecule has 1 fully saturated rings. The first-order chi connectivity index (χ1) is 9.40. The first-order valence-corrected chi connectivity index (χ1v) is 6.88. The van der Waals surface area contributed by atoms with Crippen LogP contribution < -0.4 is 0 Å². The van der Waals surface area contributed by atoms with Crippen LogP contribution >= 0.6 is 23.2 Å². The number of carboxylic acid groups (broad SMARTS) is 1. The number of benzene rings is 1. The Morgan fingerprint density at radius 3 is 2.85 bits per heavy atom. The van der Waals surface area contributed by atoms with Crippen LogP contribution in [0.3, 0.4) is 0 Å². The van der Waals surface area contributed by atoms with Crippen LogP contribution in [-0.4, -0.2) is 41.7 Å². The van der Waals surface area contributed by atoms with Crippen LogP contribution in [0.5, 0.6) is 0 Å². The van der Waals surface area contributed by atoms with Gasteiger partial charge in [-0.1, -0.05) is 23.2 Å². The molecule has 0 amide bonds. The molecule has 4 nitrogen and oxygen atoms in total. The summed E-state index contributed by atoms with van der Waals surface area (Å²) in [5.74, 6) is -1.47. The summed E-state index contributed by atoms with van der Waals surface area (Å²) in [4.78, 5) is 12.8. The van der Waals surface area contributed by atoms with Gasteiger partial charge in [-0.3, -0.25) is 9.69 Å². The fourth-order valence-electron chi connectivity index (χ4n) is 2.15. The third-order valence-electron chi connectivity index (χ3n) is 3.39. The average molecular weight is 322 g/mol. The summed E-state index contributed by atoms with van der Waals surface area (Å²) in [6.07, 6.45) is -0.468. The molecular weight excluding hydrogens is 308 g/mol.